The van der Waals surface area contributed by atoms with Gasteiger partial charge in [0.2, 0.25) is 5.91 Å². The third-order valence-electron chi connectivity index (χ3n) is 5.67. The summed E-state index contributed by atoms with van der Waals surface area (Å²) in [5.41, 5.74) is 2.68. The molecule has 1 N–H and O–H groups in total. The van der Waals surface area contributed by atoms with E-state index in [1.165, 1.54) is 17.3 Å². The molecule has 2 aliphatic rings. The zero-order valence-corrected chi connectivity index (χ0v) is 15.5. The summed E-state index contributed by atoms with van der Waals surface area (Å²) in [5, 5.41) is 6.87. The number of nitrogens with one attached hydrogen (secondary N) is 1. The van der Waals surface area contributed by atoms with E-state index < -0.39 is 0 Å². The van der Waals surface area contributed by atoms with E-state index in [1.807, 2.05) is 21.9 Å². The molecule has 3 atom stereocenters. The molecule has 26 heavy (non-hydrogen) atoms. The van der Waals surface area contributed by atoms with E-state index >= 15 is 0 Å². The quantitative estimate of drug-likeness (QED) is 0.881. The minimum atomic E-state index is -0.125. The van der Waals surface area contributed by atoms with Gasteiger partial charge in [-0.25, -0.2) is 0 Å². The van der Waals surface area contributed by atoms with Crippen molar-refractivity contribution in [3.8, 4) is 0 Å². The first-order chi connectivity index (χ1) is 12.5. The zero-order valence-electron chi connectivity index (χ0n) is 14.8. The van der Waals surface area contributed by atoms with E-state index in [4.69, 9.17) is 11.6 Å². The van der Waals surface area contributed by atoms with Crippen LogP contribution in [0.2, 0.25) is 5.02 Å². The van der Waals surface area contributed by atoms with Crippen molar-refractivity contribution >= 4 is 23.4 Å². The number of halogens is 1. The highest BCUT2D eigenvalue weighted by molar-refractivity contribution is 6.33. The summed E-state index contributed by atoms with van der Waals surface area (Å²) in [6.07, 6.45) is 1.44. The minimum absolute atomic E-state index is 0.00809. The van der Waals surface area contributed by atoms with Crippen LogP contribution in [0.25, 0.3) is 0 Å². The number of benzene rings is 1. The van der Waals surface area contributed by atoms with Crippen LogP contribution in [0.1, 0.15) is 34.6 Å². The number of carbonyl (C=O) groups is 2. The van der Waals surface area contributed by atoms with Crippen molar-refractivity contribution in [2.24, 2.45) is 11.8 Å². The second kappa shape index (κ2) is 6.43. The molecule has 6 nitrogen and oxygen atoms in total. The second-order valence-electron chi connectivity index (χ2n) is 7.20. The van der Waals surface area contributed by atoms with Crippen LogP contribution in [0, 0.1) is 18.8 Å². The van der Waals surface area contributed by atoms with Crippen LogP contribution in [-0.2, 0) is 4.79 Å². The van der Waals surface area contributed by atoms with Gasteiger partial charge in [-0.1, -0.05) is 35.9 Å². The first-order valence-corrected chi connectivity index (χ1v) is 9.16. The van der Waals surface area contributed by atoms with Crippen molar-refractivity contribution in [1.82, 2.24) is 20.0 Å². The average Bonchev–Trinajstić information content (AvgIpc) is 3.28. The van der Waals surface area contributed by atoms with Gasteiger partial charge in [0.1, 0.15) is 5.69 Å². The summed E-state index contributed by atoms with van der Waals surface area (Å²) in [6, 6.07) is 8.19. The average molecular weight is 373 g/mol. The van der Waals surface area contributed by atoms with Crippen molar-refractivity contribution in [3.05, 3.63) is 52.3 Å². The Hall–Kier alpha value is -2.34. The number of rotatable bonds is 2. The molecule has 0 saturated carbocycles. The van der Waals surface area contributed by atoms with Crippen molar-refractivity contribution in [3.63, 3.8) is 0 Å². The Morgan fingerprint density at radius 3 is 2.65 bits per heavy atom. The molecule has 7 heteroatoms. The van der Waals surface area contributed by atoms with Crippen LogP contribution in [0.4, 0.5) is 0 Å². The fourth-order valence-electron chi connectivity index (χ4n) is 4.43. The number of aromatic amines is 1. The highest BCUT2D eigenvalue weighted by atomic mass is 35.5. The summed E-state index contributed by atoms with van der Waals surface area (Å²) in [4.78, 5) is 28.8. The van der Waals surface area contributed by atoms with E-state index in [0.29, 0.717) is 30.4 Å². The molecule has 2 amide bonds. The molecule has 0 aliphatic carbocycles. The summed E-state index contributed by atoms with van der Waals surface area (Å²) < 4.78 is 0. The molecular weight excluding hydrogens is 352 g/mol. The normalized spacial score (nSPS) is 24.8. The summed E-state index contributed by atoms with van der Waals surface area (Å²) >= 11 is 6.05. The predicted octanol–water partition coefficient (Wildman–Crippen LogP) is 2.66. The number of hydrogen-bond donors (Lipinski definition) is 1. The molecule has 0 unspecified atom stereocenters. The molecule has 0 bridgehead atoms. The second-order valence-corrected chi connectivity index (χ2v) is 7.61. The Kier molecular flexibility index (Phi) is 4.23. The Labute approximate surface area is 157 Å². The summed E-state index contributed by atoms with van der Waals surface area (Å²) in [6.45, 7) is 5.62. The van der Waals surface area contributed by atoms with Crippen LogP contribution in [0.15, 0.2) is 30.5 Å². The largest absolute Gasteiger partial charge is 0.337 e. The van der Waals surface area contributed by atoms with E-state index in [9.17, 15) is 9.59 Å². The van der Waals surface area contributed by atoms with Crippen LogP contribution in [-0.4, -0.2) is 51.4 Å². The van der Waals surface area contributed by atoms with Crippen LogP contribution in [0.5, 0.6) is 0 Å². The maximum atomic E-state index is 12.8. The lowest BCUT2D eigenvalue weighted by Gasteiger charge is -2.30. The van der Waals surface area contributed by atoms with E-state index in [1.54, 1.807) is 6.92 Å². The Morgan fingerprint density at radius 2 is 2.00 bits per heavy atom. The number of nitrogens with zero attached hydrogens (tertiary/aromatic N) is 3. The van der Waals surface area contributed by atoms with Gasteiger partial charge in [-0.3, -0.25) is 14.7 Å². The van der Waals surface area contributed by atoms with Gasteiger partial charge >= 0.3 is 0 Å². The standard InChI is InChI=1S/C19H21ClN4O2/c1-11-5-3-4-6-14(11)18-15-10-23(8-13(15)9-24(18)12(2)25)19(26)17-16(20)7-21-22-17/h3-7,13,15,18H,8-10H2,1-2H3,(H,21,22)/t13-,15-,18-/m1/s1. The number of H-pyrrole nitrogens is 1. The summed E-state index contributed by atoms with van der Waals surface area (Å²) in [7, 11) is 0. The van der Waals surface area contributed by atoms with Crippen LogP contribution >= 0.6 is 11.6 Å². The smallest absolute Gasteiger partial charge is 0.273 e. The number of likely N-dealkylation sites (tertiary alicyclic amines) is 2. The lowest BCUT2D eigenvalue weighted by molar-refractivity contribution is -0.130. The van der Waals surface area contributed by atoms with E-state index in [0.717, 1.165) is 0 Å². The van der Waals surface area contributed by atoms with Gasteiger partial charge in [0.25, 0.3) is 5.91 Å². The van der Waals surface area contributed by atoms with Gasteiger partial charge in [0.15, 0.2) is 0 Å². The molecule has 2 aliphatic heterocycles. The highest BCUT2D eigenvalue weighted by Gasteiger charge is 2.50. The first-order valence-electron chi connectivity index (χ1n) is 8.78. The summed E-state index contributed by atoms with van der Waals surface area (Å²) in [5.74, 6) is 0.460. The number of amides is 2. The molecule has 2 fully saturated rings. The van der Waals surface area contributed by atoms with Crippen LogP contribution in [0.3, 0.4) is 0 Å². The predicted molar refractivity (Wildman–Crippen MR) is 97.8 cm³/mol. The third-order valence-corrected chi connectivity index (χ3v) is 5.96. The van der Waals surface area contributed by atoms with Crippen LogP contribution < -0.4 is 0 Å². The van der Waals surface area contributed by atoms with Crippen molar-refractivity contribution in [2.75, 3.05) is 19.6 Å². The maximum Gasteiger partial charge on any atom is 0.273 e. The van der Waals surface area contributed by atoms with Crippen molar-refractivity contribution in [1.29, 1.82) is 0 Å². The molecule has 3 heterocycles. The highest BCUT2D eigenvalue weighted by Crippen LogP contribution is 2.46. The van der Waals surface area contributed by atoms with E-state index in [2.05, 4.69) is 29.3 Å². The fourth-order valence-corrected chi connectivity index (χ4v) is 4.60. The zero-order chi connectivity index (χ0) is 18.4. The lowest BCUT2D eigenvalue weighted by Crippen LogP contribution is -2.36. The van der Waals surface area contributed by atoms with Gasteiger partial charge in [-0.2, -0.15) is 5.10 Å². The lowest BCUT2D eigenvalue weighted by atomic mass is 9.87. The Balaban J connectivity index is 1.63. The Bertz CT molecular complexity index is 865. The van der Waals surface area contributed by atoms with E-state index in [-0.39, 0.29) is 29.7 Å². The number of hydrogen-bond acceptors (Lipinski definition) is 3. The monoisotopic (exact) mass is 372 g/mol. The molecule has 0 spiro atoms. The fraction of sp³-hybridized carbons (Fsp3) is 0.421. The van der Waals surface area contributed by atoms with Gasteiger partial charge in [-0.05, 0) is 18.1 Å². The SMILES string of the molecule is CC(=O)N1C[C@H]2CN(C(=O)c3[nH]ncc3Cl)C[C@H]2[C@H]1c1ccccc1C. The number of aromatic nitrogens is 2. The molecule has 4 rings (SSSR count). The number of carbonyl (C=O) groups excluding carboxylic acids is 2. The molecule has 1 aromatic heterocycles. The third kappa shape index (κ3) is 2.69. The van der Waals surface area contributed by atoms with Gasteiger partial charge < -0.3 is 9.80 Å². The molecule has 0 radical (unpaired) electrons. The molecule has 2 saturated heterocycles. The minimum Gasteiger partial charge on any atom is -0.337 e. The molecule has 2 aromatic rings. The van der Waals surface area contributed by atoms with Gasteiger partial charge in [-0.15, -0.1) is 0 Å². The van der Waals surface area contributed by atoms with Crippen molar-refractivity contribution in [2.45, 2.75) is 19.9 Å². The van der Waals surface area contributed by atoms with Gasteiger partial charge in [0.05, 0.1) is 17.3 Å². The van der Waals surface area contributed by atoms with Crippen molar-refractivity contribution < 1.29 is 9.59 Å². The van der Waals surface area contributed by atoms with Gasteiger partial charge in [0, 0.05) is 38.4 Å². The topological polar surface area (TPSA) is 69.3 Å². The Morgan fingerprint density at radius 1 is 1.23 bits per heavy atom. The first kappa shape index (κ1) is 17.1. The molecule has 1 aromatic carbocycles. The molecule has 136 valence electrons. The maximum absolute atomic E-state index is 12.8. The number of aryl methyl sites for hydroxylation is 1. The molecular formula is C19H21ClN4O2. The number of fused-ring (bicyclic) bond motifs is 1.